The molecule has 18 heavy (non-hydrogen) atoms. The van der Waals surface area contributed by atoms with E-state index in [1.807, 2.05) is 48.5 Å². The first-order valence-corrected chi connectivity index (χ1v) is 6.91. The zero-order valence-corrected chi connectivity index (χ0v) is 12.8. The summed E-state index contributed by atoms with van der Waals surface area (Å²) >= 11 is 0. The number of carboxylic acids is 1. The van der Waals surface area contributed by atoms with E-state index in [0.717, 1.165) is 0 Å². The summed E-state index contributed by atoms with van der Waals surface area (Å²) in [6.07, 6.45) is 0.699. The average Bonchev–Trinajstić information content (AvgIpc) is 2.16. The molecule has 1 unspecified atom stereocenters. The van der Waals surface area contributed by atoms with E-state index in [1.165, 1.54) is 0 Å². The van der Waals surface area contributed by atoms with Crippen molar-refractivity contribution in [2.45, 2.75) is 54.9 Å². The zero-order chi connectivity index (χ0) is 14.7. The van der Waals surface area contributed by atoms with Crippen LogP contribution >= 0.6 is 0 Å². The zero-order valence-electron chi connectivity index (χ0n) is 12.8. The Hall–Kier alpha value is -0.860. The summed E-state index contributed by atoms with van der Waals surface area (Å²) in [5.74, 6) is -1.47. The highest BCUT2D eigenvalue weighted by molar-refractivity contribution is 6.04. The monoisotopic (exact) mass is 256 g/mol. The molecule has 0 aromatic heterocycles. The number of aliphatic carboxylic acids is 1. The van der Waals surface area contributed by atoms with Gasteiger partial charge in [0.15, 0.2) is 5.78 Å². The molecule has 0 aromatic rings. The summed E-state index contributed by atoms with van der Waals surface area (Å²) in [5.41, 5.74) is -1.26. The fourth-order valence-corrected chi connectivity index (χ4v) is 3.10. The molecule has 1 N–H and O–H groups in total. The lowest BCUT2D eigenvalue weighted by Gasteiger charge is -2.39. The van der Waals surface area contributed by atoms with Gasteiger partial charge in [0.25, 0.3) is 0 Å². The molecule has 0 fully saturated rings. The van der Waals surface area contributed by atoms with Gasteiger partial charge in [0.1, 0.15) is 5.41 Å². The maximum atomic E-state index is 12.8. The van der Waals surface area contributed by atoms with E-state index in [0.29, 0.717) is 6.42 Å². The minimum absolute atomic E-state index is 0.0995. The van der Waals surface area contributed by atoms with Gasteiger partial charge in [0.05, 0.1) is 0 Å². The van der Waals surface area contributed by atoms with Crippen LogP contribution in [-0.2, 0) is 9.59 Å². The van der Waals surface area contributed by atoms with Gasteiger partial charge in [-0.3, -0.25) is 9.59 Å². The smallest absolute Gasteiger partial charge is 0.317 e. The number of hydrogen-bond acceptors (Lipinski definition) is 2. The molecule has 0 aliphatic rings. The Labute approximate surface area is 111 Å². The van der Waals surface area contributed by atoms with E-state index in [1.54, 1.807) is 0 Å². The van der Waals surface area contributed by atoms with Gasteiger partial charge in [-0.05, 0) is 24.2 Å². The number of ketones is 1. The number of hydrogen-bond donors (Lipinski definition) is 1. The van der Waals surface area contributed by atoms with Crippen LogP contribution in [0.5, 0.6) is 0 Å². The van der Waals surface area contributed by atoms with Gasteiger partial charge in [0, 0.05) is 5.92 Å². The average molecular weight is 256 g/mol. The predicted octanol–water partition coefficient (Wildman–Crippen LogP) is 3.62. The summed E-state index contributed by atoms with van der Waals surface area (Å²) in [7, 11) is 0. The third-order valence-electron chi connectivity index (χ3n) is 4.16. The van der Waals surface area contributed by atoms with Gasteiger partial charge in [0.2, 0.25) is 0 Å². The van der Waals surface area contributed by atoms with Crippen LogP contribution in [0.1, 0.15) is 54.9 Å². The van der Waals surface area contributed by atoms with Crippen LogP contribution in [0.15, 0.2) is 0 Å². The van der Waals surface area contributed by atoms with E-state index < -0.39 is 11.4 Å². The van der Waals surface area contributed by atoms with Crippen molar-refractivity contribution in [3.05, 3.63) is 0 Å². The van der Waals surface area contributed by atoms with Crippen molar-refractivity contribution in [1.82, 2.24) is 0 Å². The van der Waals surface area contributed by atoms with Crippen LogP contribution in [0.25, 0.3) is 0 Å². The molecule has 1 atom stereocenters. The predicted molar refractivity (Wildman–Crippen MR) is 73.4 cm³/mol. The third kappa shape index (κ3) is 2.76. The van der Waals surface area contributed by atoms with Gasteiger partial charge in [-0.2, -0.15) is 0 Å². The van der Waals surface area contributed by atoms with Gasteiger partial charge in [-0.15, -0.1) is 0 Å². The summed E-state index contributed by atoms with van der Waals surface area (Å²) < 4.78 is 0. The van der Waals surface area contributed by atoms with E-state index in [4.69, 9.17) is 0 Å². The number of carbonyl (C=O) groups excluding carboxylic acids is 1. The van der Waals surface area contributed by atoms with Crippen molar-refractivity contribution in [2.24, 2.45) is 29.1 Å². The largest absolute Gasteiger partial charge is 0.480 e. The minimum atomic E-state index is -1.26. The van der Waals surface area contributed by atoms with Crippen molar-refractivity contribution < 1.29 is 14.7 Å². The molecule has 0 heterocycles. The van der Waals surface area contributed by atoms with Gasteiger partial charge in [-0.25, -0.2) is 0 Å². The molecule has 3 heteroatoms. The van der Waals surface area contributed by atoms with Crippen LogP contribution in [0.4, 0.5) is 0 Å². The quantitative estimate of drug-likeness (QED) is 0.708. The second-order valence-electron chi connectivity index (χ2n) is 6.11. The Morgan fingerprint density at radius 1 is 1.00 bits per heavy atom. The topological polar surface area (TPSA) is 54.4 Å². The first-order chi connectivity index (χ1) is 8.13. The molecule has 0 amide bonds. The molecule has 0 aromatic carbocycles. The molecule has 0 aliphatic heterocycles. The Morgan fingerprint density at radius 3 is 1.56 bits per heavy atom. The van der Waals surface area contributed by atoms with Gasteiger partial charge in [-0.1, -0.05) is 48.5 Å². The lowest BCUT2D eigenvalue weighted by molar-refractivity contribution is -0.164. The van der Waals surface area contributed by atoms with E-state index in [2.05, 4.69) is 0 Å². The maximum absolute atomic E-state index is 12.8. The van der Waals surface area contributed by atoms with Gasteiger partial charge < -0.3 is 5.11 Å². The highest BCUT2D eigenvalue weighted by atomic mass is 16.4. The fourth-order valence-electron chi connectivity index (χ4n) is 3.10. The van der Waals surface area contributed by atoms with Crippen molar-refractivity contribution in [3.8, 4) is 0 Å². The van der Waals surface area contributed by atoms with Crippen LogP contribution in [0.2, 0.25) is 0 Å². The molecule has 3 nitrogen and oxygen atoms in total. The Bertz CT molecular complexity index is 295. The molecule has 0 aliphatic carbocycles. The summed E-state index contributed by atoms with van der Waals surface area (Å²) in [4.78, 5) is 24.5. The lowest BCUT2D eigenvalue weighted by Crippen LogP contribution is -2.51. The SMILES string of the molecule is CCC(C(=O)C(C(=O)O)(C(C)C)C(C)C)C(C)C. The minimum Gasteiger partial charge on any atom is -0.480 e. The highest BCUT2D eigenvalue weighted by Gasteiger charge is 2.53. The van der Waals surface area contributed by atoms with Crippen molar-refractivity contribution in [1.29, 1.82) is 0 Å². The molecular formula is C15H28O3. The normalized spacial score (nSPS) is 14.3. The van der Waals surface area contributed by atoms with Crippen LogP contribution < -0.4 is 0 Å². The second kappa shape index (κ2) is 6.35. The summed E-state index contributed by atoms with van der Waals surface area (Å²) in [5, 5.41) is 9.64. The summed E-state index contributed by atoms with van der Waals surface area (Å²) in [6, 6.07) is 0. The number of carboxylic acid groups (broad SMARTS) is 1. The second-order valence-corrected chi connectivity index (χ2v) is 6.11. The molecule has 0 bridgehead atoms. The molecule has 106 valence electrons. The van der Waals surface area contributed by atoms with E-state index in [-0.39, 0.29) is 29.5 Å². The first kappa shape index (κ1) is 17.1. The van der Waals surface area contributed by atoms with Crippen molar-refractivity contribution >= 4 is 11.8 Å². The number of Topliss-reactive ketones (excluding diaryl/α,β-unsaturated/α-hetero) is 1. The molecule has 0 rings (SSSR count). The van der Waals surface area contributed by atoms with Gasteiger partial charge >= 0.3 is 5.97 Å². The van der Waals surface area contributed by atoms with Crippen molar-refractivity contribution in [2.75, 3.05) is 0 Å². The van der Waals surface area contributed by atoms with Crippen molar-refractivity contribution in [3.63, 3.8) is 0 Å². The van der Waals surface area contributed by atoms with Crippen LogP contribution in [-0.4, -0.2) is 16.9 Å². The van der Waals surface area contributed by atoms with E-state index in [9.17, 15) is 14.7 Å². The highest BCUT2D eigenvalue weighted by Crippen LogP contribution is 2.41. The third-order valence-corrected chi connectivity index (χ3v) is 4.16. The summed E-state index contributed by atoms with van der Waals surface area (Å²) in [6.45, 7) is 13.3. The number of carbonyl (C=O) groups is 2. The Balaban J connectivity index is 5.72. The Morgan fingerprint density at radius 2 is 1.39 bits per heavy atom. The first-order valence-electron chi connectivity index (χ1n) is 6.91. The van der Waals surface area contributed by atoms with Crippen LogP contribution in [0.3, 0.4) is 0 Å². The molecule has 0 saturated heterocycles. The molecular weight excluding hydrogens is 228 g/mol. The standard InChI is InChI=1S/C15H28O3/c1-8-12(9(2)3)13(16)15(10(4)5,11(6)7)14(17)18/h9-12H,8H2,1-7H3,(H,17,18). The molecule has 0 radical (unpaired) electrons. The Kier molecular flexibility index (Phi) is 6.05. The molecule has 0 saturated carbocycles. The van der Waals surface area contributed by atoms with E-state index >= 15 is 0 Å². The lowest BCUT2D eigenvalue weighted by atomic mass is 9.61. The van der Waals surface area contributed by atoms with Crippen LogP contribution in [0, 0.1) is 29.1 Å². The maximum Gasteiger partial charge on any atom is 0.317 e. The number of rotatable bonds is 7. The fraction of sp³-hybridized carbons (Fsp3) is 0.867. The molecule has 0 spiro atoms.